The molecule has 7 heteroatoms. The van der Waals surface area contributed by atoms with Crippen molar-refractivity contribution < 1.29 is 19.3 Å². The largest absolute Gasteiger partial charge is 0.503 e. The van der Waals surface area contributed by atoms with Crippen molar-refractivity contribution in [2.45, 2.75) is 13.5 Å². The van der Waals surface area contributed by atoms with Gasteiger partial charge in [0.25, 0.3) is 0 Å². The second-order valence-corrected chi connectivity index (χ2v) is 5.47. The van der Waals surface area contributed by atoms with Gasteiger partial charge in [0, 0.05) is 0 Å². The summed E-state index contributed by atoms with van der Waals surface area (Å²) in [5.41, 5.74) is 4.66. The molecule has 2 aromatic rings. The zero-order chi connectivity index (χ0) is 18.2. The van der Waals surface area contributed by atoms with Gasteiger partial charge in [-0.2, -0.15) is 5.10 Å². The number of methoxy groups -OCH3 is 2. The Morgan fingerprint density at radius 2 is 1.88 bits per heavy atom. The monoisotopic (exact) mass is 364 g/mol. The Morgan fingerprint density at radius 3 is 2.56 bits per heavy atom. The van der Waals surface area contributed by atoms with Crippen molar-refractivity contribution in [2.24, 2.45) is 5.10 Å². The molecule has 0 unspecified atom stereocenters. The van der Waals surface area contributed by atoms with Crippen LogP contribution >= 0.6 is 11.6 Å². The molecule has 0 aromatic heterocycles. The summed E-state index contributed by atoms with van der Waals surface area (Å²) in [4.78, 5) is 0. The molecule has 0 radical (unpaired) electrons. The number of nitrogens with one attached hydrogen (secondary N) is 1. The van der Waals surface area contributed by atoms with Crippen LogP contribution < -0.4 is 19.6 Å². The third-order valence-corrected chi connectivity index (χ3v) is 3.67. The maximum Gasteiger partial charge on any atom is 0.176 e. The molecule has 0 aliphatic carbocycles. The third kappa shape index (κ3) is 4.93. The van der Waals surface area contributed by atoms with Gasteiger partial charge in [0.05, 0.1) is 38.6 Å². The first kappa shape index (κ1) is 18.7. The van der Waals surface area contributed by atoms with E-state index >= 15 is 0 Å². The highest BCUT2D eigenvalue weighted by molar-refractivity contribution is 6.32. The Kier molecular flexibility index (Phi) is 6.77. The molecule has 134 valence electrons. The first-order valence-electron chi connectivity index (χ1n) is 7.71. The van der Waals surface area contributed by atoms with Gasteiger partial charge in [0.1, 0.15) is 0 Å². The maximum atomic E-state index is 9.83. The maximum absolute atomic E-state index is 9.83. The van der Waals surface area contributed by atoms with Gasteiger partial charge in [-0.3, -0.25) is 0 Å². The number of hydrazone groups is 1. The lowest BCUT2D eigenvalue weighted by Gasteiger charge is -2.09. The average molecular weight is 365 g/mol. The summed E-state index contributed by atoms with van der Waals surface area (Å²) in [6.07, 6.45) is 1.61. The van der Waals surface area contributed by atoms with Crippen molar-refractivity contribution >= 4 is 17.8 Å². The molecule has 0 fully saturated rings. The summed E-state index contributed by atoms with van der Waals surface area (Å²) in [7, 11) is 3.19. The van der Waals surface area contributed by atoms with Crippen molar-refractivity contribution in [2.75, 3.05) is 20.8 Å². The number of phenolic OH excluding ortho intramolecular Hbond substituents is 1. The predicted octanol–water partition coefficient (Wildman–Crippen LogP) is 3.59. The van der Waals surface area contributed by atoms with E-state index < -0.39 is 0 Å². The van der Waals surface area contributed by atoms with Gasteiger partial charge < -0.3 is 24.7 Å². The van der Waals surface area contributed by atoms with Gasteiger partial charge in [-0.25, -0.2) is 0 Å². The second kappa shape index (κ2) is 9.03. The number of rotatable bonds is 8. The van der Waals surface area contributed by atoms with Crippen LogP contribution in [0.25, 0.3) is 0 Å². The zero-order valence-corrected chi connectivity index (χ0v) is 15.1. The number of nitrogens with zero attached hydrogens (tertiary/aromatic N) is 1. The van der Waals surface area contributed by atoms with E-state index in [2.05, 4.69) is 10.5 Å². The van der Waals surface area contributed by atoms with Crippen molar-refractivity contribution in [3.8, 4) is 23.0 Å². The fourth-order valence-corrected chi connectivity index (χ4v) is 2.40. The summed E-state index contributed by atoms with van der Waals surface area (Å²) in [6, 6.07) is 8.93. The smallest absolute Gasteiger partial charge is 0.176 e. The lowest BCUT2D eigenvalue weighted by molar-refractivity contribution is 0.318. The fourth-order valence-electron chi connectivity index (χ4n) is 2.18. The van der Waals surface area contributed by atoms with Crippen LogP contribution in [0, 0.1) is 0 Å². The van der Waals surface area contributed by atoms with E-state index in [9.17, 15) is 5.11 Å². The Morgan fingerprint density at radius 1 is 1.12 bits per heavy atom. The summed E-state index contributed by atoms with van der Waals surface area (Å²) < 4.78 is 15.8. The molecule has 0 bridgehead atoms. The van der Waals surface area contributed by atoms with Crippen molar-refractivity contribution in [3.63, 3.8) is 0 Å². The van der Waals surface area contributed by atoms with Gasteiger partial charge in [-0.1, -0.05) is 17.7 Å². The van der Waals surface area contributed by atoms with Gasteiger partial charge in [0.15, 0.2) is 23.0 Å². The summed E-state index contributed by atoms with van der Waals surface area (Å²) in [5.74, 6) is 1.60. The summed E-state index contributed by atoms with van der Waals surface area (Å²) >= 11 is 5.99. The molecule has 0 saturated carbocycles. The Bertz CT molecular complexity index is 750. The molecule has 0 saturated heterocycles. The van der Waals surface area contributed by atoms with Crippen LogP contribution in [-0.2, 0) is 6.54 Å². The Labute approximate surface area is 152 Å². The highest BCUT2D eigenvalue weighted by Gasteiger charge is 2.08. The van der Waals surface area contributed by atoms with E-state index in [1.165, 1.54) is 0 Å². The third-order valence-electron chi connectivity index (χ3n) is 3.39. The van der Waals surface area contributed by atoms with E-state index in [0.29, 0.717) is 36.0 Å². The van der Waals surface area contributed by atoms with Crippen LogP contribution in [0.4, 0.5) is 0 Å². The van der Waals surface area contributed by atoms with E-state index in [0.717, 1.165) is 5.56 Å². The first-order chi connectivity index (χ1) is 12.1. The molecule has 0 amide bonds. The minimum absolute atomic E-state index is 0.0704. The zero-order valence-electron chi connectivity index (χ0n) is 14.4. The lowest BCUT2D eigenvalue weighted by atomic mass is 10.2. The number of phenols is 1. The normalized spacial score (nSPS) is 10.7. The van der Waals surface area contributed by atoms with Crippen LogP contribution in [0.5, 0.6) is 23.0 Å². The van der Waals surface area contributed by atoms with Gasteiger partial charge >= 0.3 is 0 Å². The first-order valence-corrected chi connectivity index (χ1v) is 8.09. The minimum atomic E-state index is -0.0704. The quantitative estimate of drug-likeness (QED) is 0.553. The van der Waals surface area contributed by atoms with Gasteiger partial charge in [0.2, 0.25) is 0 Å². The second-order valence-electron chi connectivity index (χ2n) is 5.06. The fraction of sp³-hybridized carbons (Fsp3) is 0.278. The molecule has 0 aliphatic heterocycles. The molecule has 25 heavy (non-hydrogen) atoms. The highest BCUT2D eigenvalue weighted by atomic mass is 35.5. The molecule has 6 nitrogen and oxygen atoms in total. The van der Waals surface area contributed by atoms with Crippen LogP contribution in [0.15, 0.2) is 35.4 Å². The minimum Gasteiger partial charge on any atom is -0.503 e. The highest BCUT2D eigenvalue weighted by Crippen LogP contribution is 2.34. The Hall–Kier alpha value is -2.60. The van der Waals surface area contributed by atoms with Gasteiger partial charge in [-0.15, -0.1) is 0 Å². The molecular formula is C18H21ClN2O4. The molecule has 2 aromatic carbocycles. The van der Waals surface area contributed by atoms with E-state index in [1.807, 2.05) is 25.1 Å². The Balaban J connectivity index is 2.02. The molecule has 0 aliphatic rings. The van der Waals surface area contributed by atoms with Gasteiger partial charge in [-0.05, 0) is 42.3 Å². The standard InChI is InChI=1S/C18H21ClN2O4/c1-4-25-17-9-13(7-14(19)18(17)22)11-21-20-10-12-5-6-15(23-2)16(8-12)24-3/h5-9,11,20,22H,4,10H2,1-3H3/b21-11+. The number of hydrogen-bond donors (Lipinski definition) is 2. The van der Waals surface area contributed by atoms with E-state index in [4.69, 9.17) is 25.8 Å². The van der Waals surface area contributed by atoms with Crippen molar-refractivity contribution in [1.29, 1.82) is 0 Å². The number of ether oxygens (including phenoxy) is 3. The van der Waals surface area contributed by atoms with Crippen molar-refractivity contribution in [3.05, 3.63) is 46.5 Å². The topological polar surface area (TPSA) is 72.3 Å². The number of halogens is 1. The lowest BCUT2D eigenvalue weighted by Crippen LogP contribution is -2.06. The van der Waals surface area contributed by atoms with Crippen LogP contribution in [0.3, 0.4) is 0 Å². The number of aromatic hydroxyl groups is 1. The van der Waals surface area contributed by atoms with Crippen LogP contribution in [-0.4, -0.2) is 32.1 Å². The van der Waals surface area contributed by atoms with E-state index in [1.54, 1.807) is 32.6 Å². The van der Waals surface area contributed by atoms with Crippen molar-refractivity contribution in [1.82, 2.24) is 5.43 Å². The van der Waals surface area contributed by atoms with E-state index in [-0.39, 0.29) is 10.8 Å². The summed E-state index contributed by atoms with van der Waals surface area (Å²) in [5, 5.41) is 14.2. The molecular weight excluding hydrogens is 344 g/mol. The van der Waals surface area contributed by atoms with Crippen LogP contribution in [0.1, 0.15) is 18.1 Å². The average Bonchev–Trinajstić information content (AvgIpc) is 2.62. The number of hydrogen-bond acceptors (Lipinski definition) is 6. The molecule has 2 N–H and O–H groups in total. The SMILES string of the molecule is CCOc1cc(/C=N/NCc2ccc(OC)c(OC)c2)cc(Cl)c1O. The number of benzene rings is 2. The predicted molar refractivity (Wildman–Crippen MR) is 98.3 cm³/mol. The molecule has 0 atom stereocenters. The molecule has 0 heterocycles. The summed E-state index contributed by atoms with van der Waals surface area (Å²) in [6.45, 7) is 2.78. The molecule has 0 spiro atoms. The molecule has 2 rings (SSSR count). The van der Waals surface area contributed by atoms with Crippen LogP contribution in [0.2, 0.25) is 5.02 Å².